The minimum atomic E-state index is 0.507. The fourth-order valence-corrected chi connectivity index (χ4v) is 3.96. The Kier molecular flexibility index (Phi) is 7.63. The number of guanidine groups is 1. The predicted octanol–water partition coefficient (Wildman–Crippen LogP) is 2.74. The third-order valence-electron chi connectivity index (χ3n) is 5.48. The van der Waals surface area contributed by atoms with Gasteiger partial charge >= 0.3 is 0 Å². The molecule has 1 aliphatic heterocycles. The van der Waals surface area contributed by atoms with E-state index in [-0.39, 0.29) is 0 Å². The number of piperazine rings is 1. The van der Waals surface area contributed by atoms with Crippen molar-refractivity contribution >= 4 is 11.6 Å². The van der Waals surface area contributed by atoms with Gasteiger partial charge in [-0.3, -0.25) is 4.99 Å². The van der Waals surface area contributed by atoms with Crippen LogP contribution in [0.3, 0.4) is 0 Å². The standard InChI is InChI=1S/C21H34N4O2/c1-22-21(23-12-7-17-27-18-8-3-4-9-18)25-15-13-24(14-16-25)19-10-5-6-11-20(19)26-2/h5-6,10-11,18H,3-4,7-9,12-17H2,1-2H3,(H,22,23). The van der Waals surface area contributed by atoms with Crippen molar-refractivity contribution in [1.82, 2.24) is 10.2 Å². The van der Waals surface area contributed by atoms with Crippen LogP contribution in [0.2, 0.25) is 0 Å². The van der Waals surface area contributed by atoms with E-state index in [1.165, 1.54) is 31.4 Å². The lowest BCUT2D eigenvalue weighted by Crippen LogP contribution is -2.52. The smallest absolute Gasteiger partial charge is 0.193 e. The summed E-state index contributed by atoms with van der Waals surface area (Å²) in [6.45, 7) is 5.59. The summed E-state index contributed by atoms with van der Waals surface area (Å²) in [5.74, 6) is 1.94. The van der Waals surface area contributed by atoms with E-state index in [1.807, 2.05) is 19.2 Å². The molecule has 0 radical (unpaired) electrons. The van der Waals surface area contributed by atoms with Crippen molar-refractivity contribution < 1.29 is 9.47 Å². The van der Waals surface area contributed by atoms with E-state index in [1.54, 1.807) is 7.11 Å². The van der Waals surface area contributed by atoms with Gasteiger partial charge in [-0.1, -0.05) is 25.0 Å². The molecule has 1 aromatic rings. The van der Waals surface area contributed by atoms with Gasteiger partial charge in [-0.15, -0.1) is 0 Å². The largest absolute Gasteiger partial charge is 0.495 e. The van der Waals surface area contributed by atoms with Gasteiger partial charge in [0, 0.05) is 46.4 Å². The molecule has 1 aliphatic carbocycles. The minimum Gasteiger partial charge on any atom is -0.495 e. The second-order valence-electron chi connectivity index (χ2n) is 7.25. The van der Waals surface area contributed by atoms with Crippen LogP contribution in [-0.4, -0.2) is 70.5 Å². The molecule has 6 heteroatoms. The molecule has 150 valence electrons. The summed E-state index contributed by atoms with van der Waals surface area (Å²) in [7, 11) is 3.60. The van der Waals surface area contributed by atoms with Crippen LogP contribution in [0.25, 0.3) is 0 Å². The molecule has 1 saturated heterocycles. The molecule has 0 aromatic heterocycles. The molecule has 0 unspecified atom stereocenters. The van der Waals surface area contributed by atoms with Crippen LogP contribution in [0, 0.1) is 0 Å². The summed E-state index contributed by atoms with van der Waals surface area (Å²) in [5.41, 5.74) is 1.17. The van der Waals surface area contributed by atoms with Gasteiger partial charge < -0.3 is 24.6 Å². The predicted molar refractivity (Wildman–Crippen MR) is 111 cm³/mol. The topological polar surface area (TPSA) is 49.3 Å². The normalized spacial score (nSPS) is 18.8. The molecule has 6 nitrogen and oxygen atoms in total. The summed E-state index contributed by atoms with van der Waals surface area (Å²) in [4.78, 5) is 9.19. The molecule has 0 atom stereocenters. The number of hydrogen-bond acceptors (Lipinski definition) is 4. The van der Waals surface area contributed by atoms with Crippen molar-refractivity contribution in [1.29, 1.82) is 0 Å². The number of nitrogens with one attached hydrogen (secondary N) is 1. The fourth-order valence-electron chi connectivity index (χ4n) is 3.96. The van der Waals surface area contributed by atoms with E-state index in [0.717, 1.165) is 57.5 Å². The van der Waals surface area contributed by atoms with Crippen molar-refractivity contribution in [2.45, 2.75) is 38.2 Å². The fraction of sp³-hybridized carbons (Fsp3) is 0.667. The van der Waals surface area contributed by atoms with E-state index in [9.17, 15) is 0 Å². The number of anilines is 1. The van der Waals surface area contributed by atoms with E-state index in [2.05, 4.69) is 32.2 Å². The second kappa shape index (κ2) is 10.4. The average Bonchev–Trinajstić information content (AvgIpc) is 3.24. The maximum atomic E-state index is 5.94. The lowest BCUT2D eigenvalue weighted by molar-refractivity contribution is 0.0573. The van der Waals surface area contributed by atoms with Crippen LogP contribution in [-0.2, 0) is 4.74 Å². The van der Waals surface area contributed by atoms with Crippen molar-refractivity contribution in [2.24, 2.45) is 4.99 Å². The number of methoxy groups -OCH3 is 1. The van der Waals surface area contributed by atoms with Crippen LogP contribution in [0.5, 0.6) is 5.75 Å². The highest BCUT2D eigenvalue weighted by atomic mass is 16.5. The van der Waals surface area contributed by atoms with Gasteiger partial charge in [0.2, 0.25) is 0 Å². The second-order valence-corrected chi connectivity index (χ2v) is 7.25. The van der Waals surface area contributed by atoms with Gasteiger partial charge in [-0.05, 0) is 31.4 Å². The molecule has 2 aliphatic rings. The molecular weight excluding hydrogens is 340 g/mol. The first-order chi connectivity index (χ1) is 13.3. The Balaban J connectivity index is 1.39. The zero-order valence-corrected chi connectivity index (χ0v) is 16.8. The SMILES string of the molecule is CN=C(NCCCOC1CCCC1)N1CCN(c2ccccc2OC)CC1. The van der Waals surface area contributed by atoms with Gasteiger partial charge in [0.05, 0.1) is 18.9 Å². The Morgan fingerprint density at radius 1 is 1.15 bits per heavy atom. The lowest BCUT2D eigenvalue weighted by Gasteiger charge is -2.38. The number of aliphatic imine (C=N–C) groups is 1. The molecule has 0 spiro atoms. The zero-order chi connectivity index (χ0) is 18.9. The van der Waals surface area contributed by atoms with Crippen LogP contribution in [0.15, 0.2) is 29.3 Å². The Morgan fingerprint density at radius 2 is 1.89 bits per heavy atom. The Labute approximate surface area is 163 Å². The number of rotatable bonds is 7. The number of para-hydroxylation sites is 2. The highest BCUT2D eigenvalue weighted by Gasteiger charge is 2.21. The molecule has 0 amide bonds. The quantitative estimate of drug-likeness (QED) is 0.452. The third-order valence-corrected chi connectivity index (χ3v) is 5.48. The number of benzene rings is 1. The van der Waals surface area contributed by atoms with E-state index in [0.29, 0.717) is 6.10 Å². The first-order valence-corrected chi connectivity index (χ1v) is 10.3. The van der Waals surface area contributed by atoms with Crippen molar-refractivity contribution in [2.75, 3.05) is 58.4 Å². The summed E-state index contributed by atoms with van der Waals surface area (Å²) >= 11 is 0. The summed E-state index contributed by atoms with van der Waals surface area (Å²) in [6.07, 6.45) is 6.67. The summed E-state index contributed by atoms with van der Waals surface area (Å²) < 4.78 is 11.4. The Morgan fingerprint density at radius 3 is 2.59 bits per heavy atom. The van der Waals surface area contributed by atoms with Crippen molar-refractivity contribution in [3.63, 3.8) is 0 Å². The van der Waals surface area contributed by atoms with Crippen LogP contribution in [0.4, 0.5) is 5.69 Å². The van der Waals surface area contributed by atoms with Crippen LogP contribution in [0.1, 0.15) is 32.1 Å². The van der Waals surface area contributed by atoms with Crippen LogP contribution >= 0.6 is 0 Å². The van der Waals surface area contributed by atoms with Crippen LogP contribution < -0.4 is 15.0 Å². The lowest BCUT2D eigenvalue weighted by atomic mass is 10.2. The number of ether oxygens (including phenoxy) is 2. The molecule has 0 bridgehead atoms. The molecule has 27 heavy (non-hydrogen) atoms. The molecule has 1 aromatic carbocycles. The third kappa shape index (κ3) is 5.51. The highest BCUT2D eigenvalue weighted by Crippen LogP contribution is 2.28. The van der Waals surface area contributed by atoms with E-state index < -0.39 is 0 Å². The average molecular weight is 375 g/mol. The Bertz CT molecular complexity index is 594. The van der Waals surface area contributed by atoms with Gasteiger partial charge in [-0.2, -0.15) is 0 Å². The summed E-state index contributed by atoms with van der Waals surface area (Å²) in [6, 6.07) is 8.24. The maximum Gasteiger partial charge on any atom is 0.193 e. The molecule has 3 rings (SSSR count). The summed E-state index contributed by atoms with van der Waals surface area (Å²) in [5, 5.41) is 3.49. The first-order valence-electron chi connectivity index (χ1n) is 10.3. The molecule has 2 fully saturated rings. The number of nitrogens with zero attached hydrogens (tertiary/aromatic N) is 3. The van der Waals surface area contributed by atoms with E-state index >= 15 is 0 Å². The molecular formula is C21H34N4O2. The Hall–Kier alpha value is -1.95. The zero-order valence-electron chi connectivity index (χ0n) is 16.8. The minimum absolute atomic E-state index is 0.507. The maximum absolute atomic E-state index is 5.94. The van der Waals surface area contributed by atoms with Gasteiger partial charge in [0.25, 0.3) is 0 Å². The van der Waals surface area contributed by atoms with E-state index in [4.69, 9.17) is 9.47 Å². The molecule has 1 saturated carbocycles. The first kappa shape index (κ1) is 19.8. The van der Waals surface area contributed by atoms with Crippen molar-refractivity contribution in [3.05, 3.63) is 24.3 Å². The monoisotopic (exact) mass is 374 g/mol. The van der Waals surface area contributed by atoms with Gasteiger partial charge in [0.15, 0.2) is 5.96 Å². The molecule has 1 heterocycles. The highest BCUT2D eigenvalue weighted by molar-refractivity contribution is 5.80. The number of hydrogen-bond donors (Lipinski definition) is 1. The molecule has 1 N–H and O–H groups in total. The van der Waals surface area contributed by atoms with Gasteiger partial charge in [0.1, 0.15) is 5.75 Å². The van der Waals surface area contributed by atoms with Gasteiger partial charge in [-0.25, -0.2) is 0 Å². The van der Waals surface area contributed by atoms with Crippen molar-refractivity contribution in [3.8, 4) is 5.75 Å².